The summed E-state index contributed by atoms with van der Waals surface area (Å²) in [5.74, 6) is -0.217. The van der Waals surface area contributed by atoms with Gasteiger partial charge in [-0.2, -0.15) is 13.2 Å². The van der Waals surface area contributed by atoms with E-state index >= 15 is 0 Å². The number of alkyl halides is 3. The summed E-state index contributed by atoms with van der Waals surface area (Å²) in [5, 5.41) is 7.42. The van der Waals surface area contributed by atoms with Crippen LogP contribution < -0.4 is 10.2 Å². The molecule has 0 unspecified atom stereocenters. The van der Waals surface area contributed by atoms with Crippen LogP contribution in [0.1, 0.15) is 47.4 Å². The topological polar surface area (TPSA) is 71.3 Å². The highest BCUT2D eigenvalue weighted by Crippen LogP contribution is 2.36. The maximum atomic E-state index is 13.4. The van der Waals surface area contributed by atoms with Crippen molar-refractivity contribution in [3.63, 3.8) is 0 Å². The number of pyridine rings is 1. The number of hydrogen-bond acceptors (Lipinski definition) is 5. The molecule has 0 aliphatic heterocycles. The Bertz CT molecular complexity index is 1090. The molecular formula is C22H23F3N4O2. The average molecular weight is 432 g/mol. The summed E-state index contributed by atoms with van der Waals surface area (Å²) in [4.78, 5) is 18.1. The van der Waals surface area contributed by atoms with E-state index in [1.54, 1.807) is 31.2 Å². The number of anilines is 1. The van der Waals surface area contributed by atoms with Crippen LogP contribution in [0.15, 0.2) is 41.1 Å². The van der Waals surface area contributed by atoms with Gasteiger partial charge in [0, 0.05) is 30.2 Å². The first kappa shape index (κ1) is 21.1. The molecule has 1 amide bonds. The number of nitrogens with one attached hydrogen (secondary N) is 1. The minimum absolute atomic E-state index is 0.00590. The lowest BCUT2D eigenvalue weighted by Gasteiger charge is -2.36. The summed E-state index contributed by atoms with van der Waals surface area (Å²) >= 11 is 0. The van der Waals surface area contributed by atoms with Gasteiger partial charge >= 0.3 is 6.18 Å². The molecular weight excluding hydrogens is 409 g/mol. The highest BCUT2D eigenvalue weighted by Gasteiger charge is 2.34. The van der Waals surface area contributed by atoms with E-state index in [2.05, 4.69) is 15.5 Å². The van der Waals surface area contributed by atoms with Gasteiger partial charge in [-0.15, -0.1) is 0 Å². The van der Waals surface area contributed by atoms with E-state index in [9.17, 15) is 18.0 Å². The standard InChI is InChI=1S/C22H23F3N4O2/c1-13-17(12-31-28-13)21(30)26-14-7-9-15(10-8-14)29(2)19-11-20(22(23,24)25)27-18-6-4-3-5-16(18)19/h3-6,11-12,14-15H,7-10H2,1-2H3,(H,26,30)/t14-,15+. The van der Waals surface area contributed by atoms with Crippen molar-refractivity contribution in [3.8, 4) is 0 Å². The van der Waals surface area contributed by atoms with E-state index in [0.29, 0.717) is 27.8 Å². The molecule has 2 heterocycles. The molecule has 0 atom stereocenters. The first-order valence-corrected chi connectivity index (χ1v) is 10.2. The molecule has 0 bridgehead atoms. The second kappa shape index (κ2) is 8.20. The minimum atomic E-state index is -4.51. The molecule has 3 aromatic rings. The van der Waals surface area contributed by atoms with Crippen molar-refractivity contribution in [3.05, 3.63) is 53.5 Å². The van der Waals surface area contributed by atoms with E-state index < -0.39 is 11.9 Å². The number of para-hydroxylation sites is 1. The van der Waals surface area contributed by atoms with Gasteiger partial charge in [-0.1, -0.05) is 23.4 Å². The van der Waals surface area contributed by atoms with Gasteiger partial charge in [-0.3, -0.25) is 4.79 Å². The lowest BCUT2D eigenvalue weighted by Crippen LogP contribution is -2.43. The number of hydrogen-bond donors (Lipinski definition) is 1. The van der Waals surface area contributed by atoms with Crippen molar-refractivity contribution >= 4 is 22.5 Å². The van der Waals surface area contributed by atoms with Crippen molar-refractivity contribution in [2.75, 3.05) is 11.9 Å². The Balaban J connectivity index is 1.49. The summed E-state index contributed by atoms with van der Waals surface area (Å²) in [6.07, 6.45) is -0.205. The summed E-state index contributed by atoms with van der Waals surface area (Å²) in [7, 11) is 1.83. The highest BCUT2D eigenvalue weighted by molar-refractivity contribution is 5.95. The number of amides is 1. The summed E-state index contributed by atoms with van der Waals surface area (Å²) in [6.45, 7) is 1.71. The quantitative estimate of drug-likeness (QED) is 0.646. The second-order valence-electron chi connectivity index (χ2n) is 7.94. The molecule has 1 aliphatic rings. The lowest BCUT2D eigenvalue weighted by molar-refractivity contribution is -0.140. The first-order valence-electron chi connectivity index (χ1n) is 10.2. The zero-order valence-electron chi connectivity index (χ0n) is 17.2. The predicted molar refractivity (Wildman–Crippen MR) is 110 cm³/mol. The van der Waals surface area contributed by atoms with Crippen LogP contribution in [0, 0.1) is 6.92 Å². The number of benzene rings is 1. The van der Waals surface area contributed by atoms with Gasteiger partial charge in [-0.25, -0.2) is 4.98 Å². The Morgan fingerprint density at radius 1 is 1.19 bits per heavy atom. The van der Waals surface area contributed by atoms with Crippen LogP contribution in [0.5, 0.6) is 0 Å². The fourth-order valence-corrected chi connectivity index (χ4v) is 4.17. The van der Waals surface area contributed by atoms with Crippen LogP contribution in [0.25, 0.3) is 10.9 Å². The maximum absolute atomic E-state index is 13.4. The maximum Gasteiger partial charge on any atom is 0.433 e. The van der Waals surface area contributed by atoms with Gasteiger partial charge in [0.2, 0.25) is 0 Å². The second-order valence-corrected chi connectivity index (χ2v) is 7.94. The Morgan fingerprint density at radius 3 is 2.55 bits per heavy atom. The van der Waals surface area contributed by atoms with Crippen LogP contribution in [-0.2, 0) is 6.18 Å². The fraction of sp³-hybridized carbons (Fsp3) is 0.409. The molecule has 6 nitrogen and oxygen atoms in total. The van der Waals surface area contributed by atoms with E-state index in [0.717, 1.165) is 31.7 Å². The molecule has 1 N–H and O–H groups in total. The molecule has 1 fully saturated rings. The normalized spacial score (nSPS) is 19.4. The average Bonchev–Trinajstić information content (AvgIpc) is 3.18. The number of carbonyl (C=O) groups excluding carboxylic acids is 1. The summed E-state index contributed by atoms with van der Waals surface area (Å²) in [6, 6.07) is 8.08. The fourth-order valence-electron chi connectivity index (χ4n) is 4.17. The van der Waals surface area contributed by atoms with Gasteiger partial charge < -0.3 is 14.7 Å². The SMILES string of the molecule is Cc1nocc1C(=O)N[C@H]1CC[C@@H](N(C)c2cc(C(F)(F)F)nc3ccccc23)CC1. The lowest BCUT2D eigenvalue weighted by atomic mass is 9.89. The molecule has 0 radical (unpaired) electrons. The molecule has 0 saturated heterocycles. The monoisotopic (exact) mass is 432 g/mol. The van der Waals surface area contributed by atoms with Crippen LogP contribution in [0.4, 0.5) is 18.9 Å². The molecule has 164 valence electrons. The van der Waals surface area contributed by atoms with Gasteiger partial charge in [-0.05, 0) is 44.7 Å². The van der Waals surface area contributed by atoms with Crippen LogP contribution in [-0.4, -0.2) is 35.2 Å². The Labute approximate surface area is 177 Å². The summed E-state index contributed by atoms with van der Waals surface area (Å²) in [5.41, 5.74) is 0.908. The number of halogens is 3. The number of rotatable bonds is 4. The molecule has 2 aromatic heterocycles. The predicted octanol–water partition coefficient (Wildman–Crippen LogP) is 4.73. The number of aromatic nitrogens is 2. The third-order valence-electron chi connectivity index (χ3n) is 5.94. The van der Waals surface area contributed by atoms with E-state index in [-0.39, 0.29) is 18.0 Å². The molecule has 4 rings (SSSR count). The number of nitrogens with zero attached hydrogens (tertiary/aromatic N) is 3. The molecule has 31 heavy (non-hydrogen) atoms. The molecule has 1 saturated carbocycles. The van der Waals surface area contributed by atoms with Crippen molar-refractivity contribution in [2.45, 2.75) is 50.9 Å². The van der Waals surface area contributed by atoms with E-state index in [1.165, 1.54) is 6.26 Å². The smallest absolute Gasteiger partial charge is 0.371 e. The van der Waals surface area contributed by atoms with E-state index in [1.807, 2.05) is 11.9 Å². The van der Waals surface area contributed by atoms with Gasteiger partial charge in [0.25, 0.3) is 5.91 Å². The Hall–Kier alpha value is -3.10. The molecule has 1 aromatic carbocycles. The van der Waals surface area contributed by atoms with Crippen LogP contribution in [0.3, 0.4) is 0 Å². The minimum Gasteiger partial charge on any atom is -0.371 e. The molecule has 0 spiro atoms. The largest absolute Gasteiger partial charge is 0.433 e. The number of carbonyl (C=O) groups is 1. The molecule has 1 aliphatic carbocycles. The molecule has 9 heteroatoms. The Kier molecular flexibility index (Phi) is 5.60. The van der Waals surface area contributed by atoms with Gasteiger partial charge in [0.15, 0.2) is 0 Å². The first-order chi connectivity index (χ1) is 14.7. The van der Waals surface area contributed by atoms with Gasteiger partial charge in [0.1, 0.15) is 17.5 Å². The third-order valence-corrected chi connectivity index (χ3v) is 5.94. The van der Waals surface area contributed by atoms with Crippen LogP contribution >= 0.6 is 0 Å². The van der Waals surface area contributed by atoms with Crippen LogP contribution in [0.2, 0.25) is 0 Å². The highest BCUT2D eigenvalue weighted by atomic mass is 19.4. The number of aryl methyl sites for hydroxylation is 1. The van der Waals surface area contributed by atoms with Crippen molar-refractivity contribution in [1.29, 1.82) is 0 Å². The Morgan fingerprint density at radius 2 is 1.90 bits per heavy atom. The number of fused-ring (bicyclic) bond motifs is 1. The summed E-state index contributed by atoms with van der Waals surface area (Å²) < 4.78 is 45.0. The van der Waals surface area contributed by atoms with Crippen molar-refractivity contribution < 1.29 is 22.5 Å². The third kappa shape index (κ3) is 4.35. The van der Waals surface area contributed by atoms with E-state index in [4.69, 9.17) is 4.52 Å². The zero-order valence-corrected chi connectivity index (χ0v) is 17.2. The van der Waals surface area contributed by atoms with Crippen molar-refractivity contribution in [2.24, 2.45) is 0 Å². The van der Waals surface area contributed by atoms with Crippen molar-refractivity contribution in [1.82, 2.24) is 15.5 Å². The van der Waals surface area contributed by atoms with Gasteiger partial charge in [0.05, 0.1) is 11.2 Å². The zero-order chi connectivity index (χ0) is 22.2.